The number of benzene rings is 2. The first kappa shape index (κ1) is 12.5. The Morgan fingerprint density at radius 1 is 1.11 bits per heavy atom. The summed E-state index contributed by atoms with van der Waals surface area (Å²) in [6.45, 7) is 1.16. The third kappa shape index (κ3) is 2.49. The van der Waals surface area contributed by atoms with Crippen molar-refractivity contribution in [2.75, 3.05) is 0 Å². The normalized spacial score (nSPS) is 10.4. The molecule has 94 valence electrons. The number of ether oxygens (including phenoxy) is 1. The van der Waals surface area contributed by atoms with E-state index in [0.29, 0.717) is 5.56 Å². The number of hydrogen-bond acceptors (Lipinski definition) is 2. The third-order valence-electron chi connectivity index (χ3n) is 2.61. The van der Waals surface area contributed by atoms with Crippen LogP contribution in [0.3, 0.4) is 0 Å². The van der Waals surface area contributed by atoms with Crippen molar-refractivity contribution in [2.24, 2.45) is 0 Å². The first-order valence-corrected chi connectivity index (χ1v) is 5.44. The maximum atomic E-state index is 13.4. The number of hydrogen-bond donors (Lipinski definition) is 1. The van der Waals surface area contributed by atoms with Crippen LogP contribution < -0.4 is 4.74 Å². The fraction of sp³-hybridized carbons (Fsp3) is 0.143. The molecule has 0 aromatic heterocycles. The Morgan fingerprint density at radius 3 is 2.56 bits per heavy atom. The standard InChI is InChI=1S/C14H12F2O2/c1-9-5-6-10(7-13(9)16)18-14-4-2-3-12(15)11(14)8-17/h2-7,17H,8H2,1H3. The van der Waals surface area contributed by atoms with Crippen LogP contribution in [0.25, 0.3) is 0 Å². The predicted octanol–water partition coefficient (Wildman–Crippen LogP) is 3.56. The van der Waals surface area contributed by atoms with Gasteiger partial charge in [-0.15, -0.1) is 0 Å². The molecule has 0 spiro atoms. The summed E-state index contributed by atoms with van der Waals surface area (Å²) < 4.78 is 32.1. The second kappa shape index (κ2) is 5.14. The topological polar surface area (TPSA) is 29.5 Å². The number of aliphatic hydroxyl groups is 1. The lowest BCUT2D eigenvalue weighted by molar-refractivity contribution is 0.270. The van der Waals surface area contributed by atoms with Gasteiger partial charge < -0.3 is 9.84 Å². The van der Waals surface area contributed by atoms with Crippen LogP contribution in [0.4, 0.5) is 8.78 Å². The lowest BCUT2D eigenvalue weighted by Gasteiger charge is -2.10. The van der Waals surface area contributed by atoms with Gasteiger partial charge >= 0.3 is 0 Å². The highest BCUT2D eigenvalue weighted by atomic mass is 19.1. The molecule has 0 aliphatic carbocycles. The second-order valence-electron chi connectivity index (χ2n) is 3.89. The van der Waals surface area contributed by atoms with Crippen molar-refractivity contribution < 1.29 is 18.6 Å². The lowest BCUT2D eigenvalue weighted by Crippen LogP contribution is -1.96. The summed E-state index contributed by atoms with van der Waals surface area (Å²) in [7, 11) is 0. The Kier molecular flexibility index (Phi) is 3.58. The fourth-order valence-electron chi connectivity index (χ4n) is 1.55. The van der Waals surface area contributed by atoms with E-state index in [1.165, 1.54) is 24.3 Å². The first-order valence-electron chi connectivity index (χ1n) is 5.44. The molecule has 0 unspecified atom stereocenters. The van der Waals surface area contributed by atoms with Crippen LogP contribution in [0.2, 0.25) is 0 Å². The molecule has 0 atom stereocenters. The van der Waals surface area contributed by atoms with Crippen LogP contribution in [0.5, 0.6) is 11.5 Å². The average Bonchev–Trinajstić information content (AvgIpc) is 2.34. The van der Waals surface area contributed by atoms with Gasteiger partial charge in [0.2, 0.25) is 0 Å². The van der Waals surface area contributed by atoms with E-state index in [9.17, 15) is 8.78 Å². The molecule has 0 saturated carbocycles. The Morgan fingerprint density at radius 2 is 1.89 bits per heavy atom. The highest BCUT2D eigenvalue weighted by Crippen LogP contribution is 2.28. The van der Waals surface area contributed by atoms with Gasteiger partial charge in [0.25, 0.3) is 0 Å². The maximum absolute atomic E-state index is 13.4. The van der Waals surface area contributed by atoms with Crippen LogP contribution in [0, 0.1) is 18.6 Å². The summed E-state index contributed by atoms with van der Waals surface area (Å²) in [5.41, 5.74) is 0.558. The highest BCUT2D eigenvalue weighted by Gasteiger charge is 2.10. The van der Waals surface area contributed by atoms with E-state index in [4.69, 9.17) is 9.84 Å². The van der Waals surface area contributed by atoms with Gasteiger partial charge in [-0.3, -0.25) is 0 Å². The quantitative estimate of drug-likeness (QED) is 0.902. The van der Waals surface area contributed by atoms with Crippen molar-refractivity contribution in [2.45, 2.75) is 13.5 Å². The summed E-state index contributed by atoms with van der Waals surface area (Å²) in [6, 6.07) is 8.60. The van der Waals surface area contributed by atoms with Gasteiger partial charge in [-0.25, -0.2) is 8.78 Å². The van der Waals surface area contributed by atoms with Gasteiger partial charge in [-0.2, -0.15) is 0 Å². The molecule has 2 nitrogen and oxygen atoms in total. The lowest BCUT2D eigenvalue weighted by atomic mass is 10.2. The van der Waals surface area contributed by atoms with Gasteiger partial charge in [0.1, 0.15) is 23.1 Å². The molecular weight excluding hydrogens is 238 g/mol. The third-order valence-corrected chi connectivity index (χ3v) is 2.61. The SMILES string of the molecule is Cc1ccc(Oc2cccc(F)c2CO)cc1F. The number of aryl methyl sites for hydroxylation is 1. The van der Waals surface area contributed by atoms with Gasteiger partial charge in [0, 0.05) is 6.07 Å². The molecule has 2 aromatic carbocycles. The minimum atomic E-state index is -0.553. The summed E-state index contributed by atoms with van der Waals surface area (Å²) in [4.78, 5) is 0. The van der Waals surface area contributed by atoms with Gasteiger partial charge in [-0.05, 0) is 30.7 Å². The van der Waals surface area contributed by atoms with Crippen LogP contribution in [-0.4, -0.2) is 5.11 Å². The molecule has 4 heteroatoms. The van der Waals surface area contributed by atoms with Crippen molar-refractivity contribution in [1.29, 1.82) is 0 Å². The minimum Gasteiger partial charge on any atom is -0.457 e. The van der Waals surface area contributed by atoms with Crippen molar-refractivity contribution >= 4 is 0 Å². The first-order chi connectivity index (χ1) is 8.61. The van der Waals surface area contributed by atoms with Crippen molar-refractivity contribution in [3.05, 3.63) is 59.2 Å². The number of rotatable bonds is 3. The zero-order valence-corrected chi connectivity index (χ0v) is 9.78. The van der Waals surface area contributed by atoms with Crippen LogP contribution in [-0.2, 0) is 6.61 Å². The monoisotopic (exact) mass is 250 g/mol. The van der Waals surface area contributed by atoms with Crippen molar-refractivity contribution in [3.63, 3.8) is 0 Å². The number of halogens is 2. The molecule has 0 heterocycles. The zero-order chi connectivity index (χ0) is 13.1. The molecule has 0 saturated heterocycles. The molecule has 2 aromatic rings. The second-order valence-corrected chi connectivity index (χ2v) is 3.89. The molecule has 0 amide bonds. The zero-order valence-electron chi connectivity index (χ0n) is 9.78. The molecule has 0 radical (unpaired) electrons. The molecule has 0 bridgehead atoms. The summed E-state index contributed by atoms with van der Waals surface area (Å²) in [5.74, 6) is -0.504. The highest BCUT2D eigenvalue weighted by molar-refractivity contribution is 5.39. The van der Waals surface area contributed by atoms with E-state index in [-0.39, 0.29) is 17.1 Å². The Hall–Kier alpha value is -1.94. The van der Waals surface area contributed by atoms with Crippen molar-refractivity contribution in [3.8, 4) is 11.5 Å². The van der Waals surface area contributed by atoms with Gasteiger partial charge in [0.05, 0.1) is 12.2 Å². The minimum absolute atomic E-state index is 0.0542. The van der Waals surface area contributed by atoms with E-state index in [1.54, 1.807) is 19.1 Å². The van der Waals surface area contributed by atoms with Crippen LogP contribution in [0.1, 0.15) is 11.1 Å². The average molecular weight is 250 g/mol. The molecule has 0 fully saturated rings. The Balaban J connectivity index is 2.34. The number of aliphatic hydroxyl groups excluding tert-OH is 1. The largest absolute Gasteiger partial charge is 0.457 e. The van der Waals surface area contributed by atoms with Gasteiger partial charge in [-0.1, -0.05) is 12.1 Å². The van der Waals surface area contributed by atoms with E-state index < -0.39 is 18.2 Å². The van der Waals surface area contributed by atoms with Crippen LogP contribution >= 0.6 is 0 Å². The predicted molar refractivity (Wildman–Crippen MR) is 63.5 cm³/mol. The smallest absolute Gasteiger partial charge is 0.135 e. The summed E-state index contributed by atoms with van der Waals surface area (Å²) in [6.07, 6.45) is 0. The Bertz CT molecular complexity index is 568. The van der Waals surface area contributed by atoms with E-state index in [1.807, 2.05) is 0 Å². The molecular formula is C14H12F2O2. The molecule has 1 N–H and O–H groups in total. The summed E-state index contributed by atoms with van der Waals surface area (Å²) >= 11 is 0. The van der Waals surface area contributed by atoms with E-state index in [2.05, 4.69) is 0 Å². The molecule has 0 aliphatic heterocycles. The fourth-order valence-corrected chi connectivity index (χ4v) is 1.55. The van der Waals surface area contributed by atoms with Gasteiger partial charge in [0.15, 0.2) is 0 Å². The van der Waals surface area contributed by atoms with E-state index in [0.717, 1.165) is 0 Å². The van der Waals surface area contributed by atoms with Crippen molar-refractivity contribution in [1.82, 2.24) is 0 Å². The summed E-state index contributed by atoms with van der Waals surface area (Å²) in [5, 5.41) is 9.08. The molecule has 18 heavy (non-hydrogen) atoms. The molecule has 2 rings (SSSR count). The van der Waals surface area contributed by atoms with Crippen LogP contribution in [0.15, 0.2) is 36.4 Å². The van der Waals surface area contributed by atoms with E-state index >= 15 is 0 Å². The Labute approximate surface area is 103 Å². The maximum Gasteiger partial charge on any atom is 0.135 e. The molecule has 0 aliphatic rings.